The van der Waals surface area contributed by atoms with Crippen molar-refractivity contribution in [3.05, 3.63) is 41.1 Å². The molecule has 0 saturated carbocycles. The van der Waals surface area contributed by atoms with Crippen LogP contribution in [0.4, 0.5) is 13.6 Å². The number of amides is 2. The molecule has 186 valence electrons. The van der Waals surface area contributed by atoms with Crippen molar-refractivity contribution in [2.75, 3.05) is 33.8 Å². The van der Waals surface area contributed by atoms with Crippen molar-refractivity contribution in [2.45, 2.75) is 46.3 Å². The van der Waals surface area contributed by atoms with Crippen molar-refractivity contribution in [2.24, 2.45) is 5.41 Å². The molecule has 0 fully saturated rings. The first-order valence-electron chi connectivity index (χ1n) is 11.4. The van der Waals surface area contributed by atoms with Crippen LogP contribution in [0.2, 0.25) is 0 Å². The molecule has 1 aliphatic heterocycles. The SMILES string of the molecule is CN(C)CCCNC(=O)[C@@H](NC(=O)n1nc(-c2ccc(F)c(F)c2)c2c1CCOC2)C(C)(C)C. The summed E-state index contributed by atoms with van der Waals surface area (Å²) in [5, 5.41) is 10.1. The molecule has 0 spiro atoms. The standard InChI is InChI=1S/C24H33F2N5O3/c1-24(2,3)21(22(32)27-10-6-11-30(4)5)28-23(33)31-19-9-12-34-14-16(19)20(29-31)15-7-8-17(25)18(26)13-15/h7-8,13,21H,6,9-12,14H2,1-5H3,(H,27,32)(H,28,33)/t21-/m1/s1. The third-order valence-electron chi connectivity index (χ3n) is 5.68. The average molecular weight is 478 g/mol. The number of hydrogen-bond donors (Lipinski definition) is 2. The van der Waals surface area contributed by atoms with Gasteiger partial charge in [-0.15, -0.1) is 0 Å². The van der Waals surface area contributed by atoms with E-state index in [2.05, 4.69) is 15.7 Å². The molecule has 1 aliphatic rings. The third-order valence-corrected chi connectivity index (χ3v) is 5.68. The zero-order chi connectivity index (χ0) is 25.0. The van der Waals surface area contributed by atoms with Crippen LogP contribution in [-0.2, 0) is 22.6 Å². The first-order valence-corrected chi connectivity index (χ1v) is 11.4. The van der Waals surface area contributed by atoms with Gasteiger partial charge in [0.05, 0.1) is 24.6 Å². The number of nitrogens with zero attached hydrogens (tertiary/aromatic N) is 3. The molecule has 34 heavy (non-hydrogen) atoms. The van der Waals surface area contributed by atoms with Gasteiger partial charge < -0.3 is 20.3 Å². The Morgan fingerprint density at radius 1 is 1.24 bits per heavy atom. The van der Waals surface area contributed by atoms with Gasteiger partial charge in [-0.2, -0.15) is 9.78 Å². The van der Waals surface area contributed by atoms with E-state index in [1.54, 1.807) is 0 Å². The van der Waals surface area contributed by atoms with E-state index in [0.29, 0.717) is 42.1 Å². The van der Waals surface area contributed by atoms with Crippen molar-refractivity contribution in [3.8, 4) is 11.3 Å². The number of nitrogens with one attached hydrogen (secondary N) is 2. The van der Waals surface area contributed by atoms with Crippen LogP contribution < -0.4 is 10.6 Å². The molecule has 0 bridgehead atoms. The molecule has 3 rings (SSSR count). The van der Waals surface area contributed by atoms with Gasteiger partial charge in [0.1, 0.15) is 6.04 Å². The van der Waals surface area contributed by atoms with E-state index in [1.165, 1.54) is 10.7 Å². The summed E-state index contributed by atoms with van der Waals surface area (Å²) in [6.45, 7) is 7.54. The summed E-state index contributed by atoms with van der Waals surface area (Å²) in [5.74, 6) is -2.24. The highest BCUT2D eigenvalue weighted by molar-refractivity contribution is 5.89. The first kappa shape index (κ1) is 25.8. The predicted octanol–water partition coefficient (Wildman–Crippen LogP) is 2.94. The highest BCUT2D eigenvalue weighted by atomic mass is 19.2. The van der Waals surface area contributed by atoms with E-state index in [0.717, 1.165) is 25.1 Å². The number of hydrogen-bond acceptors (Lipinski definition) is 5. The molecule has 1 aromatic heterocycles. The van der Waals surface area contributed by atoms with Gasteiger partial charge in [-0.3, -0.25) is 4.79 Å². The Morgan fingerprint density at radius 2 is 1.97 bits per heavy atom. The van der Waals surface area contributed by atoms with Crippen LogP contribution in [0.3, 0.4) is 0 Å². The molecule has 0 saturated heterocycles. The Balaban J connectivity index is 1.85. The molecule has 2 aromatic rings. The highest BCUT2D eigenvalue weighted by Gasteiger charge is 2.34. The molecule has 0 aliphatic carbocycles. The third kappa shape index (κ3) is 5.98. The van der Waals surface area contributed by atoms with E-state index in [9.17, 15) is 18.4 Å². The summed E-state index contributed by atoms with van der Waals surface area (Å²) in [6.07, 6.45) is 1.21. The van der Waals surface area contributed by atoms with Gasteiger partial charge in [-0.25, -0.2) is 13.6 Å². The first-order chi connectivity index (χ1) is 16.0. The molecule has 1 aromatic carbocycles. The minimum atomic E-state index is -0.999. The molecular weight excluding hydrogens is 444 g/mol. The molecular formula is C24H33F2N5O3. The van der Waals surface area contributed by atoms with E-state index >= 15 is 0 Å². The number of carbonyl (C=O) groups excluding carboxylic acids is 2. The maximum atomic E-state index is 13.9. The number of rotatable bonds is 7. The van der Waals surface area contributed by atoms with E-state index in [-0.39, 0.29) is 12.5 Å². The summed E-state index contributed by atoms with van der Waals surface area (Å²) in [7, 11) is 3.93. The van der Waals surface area contributed by atoms with Crippen molar-refractivity contribution in [1.29, 1.82) is 0 Å². The summed E-state index contributed by atoms with van der Waals surface area (Å²) in [4.78, 5) is 28.2. The summed E-state index contributed by atoms with van der Waals surface area (Å²) < 4.78 is 34.0. The largest absolute Gasteiger partial charge is 0.376 e. The van der Waals surface area contributed by atoms with Crippen LogP contribution in [-0.4, -0.2) is 66.5 Å². The lowest BCUT2D eigenvalue weighted by atomic mass is 9.86. The molecule has 2 N–H and O–H groups in total. The lowest BCUT2D eigenvalue weighted by molar-refractivity contribution is -0.125. The fraction of sp³-hybridized carbons (Fsp3) is 0.542. The van der Waals surface area contributed by atoms with Gasteiger partial charge in [0.25, 0.3) is 0 Å². The van der Waals surface area contributed by atoms with E-state index in [4.69, 9.17) is 4.74 Å². The molecule has 2 amide bonds. The number of carbonyl (C=O) groups is 2. The number of benzene rings is 1. The second kappa shape index (κ2) is 10.6. The maximum absolute atomic E-state index is 13.9. The summed E-state index contributed by atoms with van der Waals surface area (Å²) >= 11 is 0. The van der Waals surface area contributed by atoms with Gasteiger partial charge >= 0.3 is 6.03 Å². The summed E-state index contributed by atoms with van der Waals surface area (Å²) in [5.41, 5.74) is 1.42. The Hall–Kier alpha value is -2.85. The van der Waals surface area contributed by atoms with Crippen LogP contribution in [0.25, 0.3) is 11.3 Å². The zero-order valence-electron chi connectivity index (χ0n) is 20.4. The predicted molar refractivity (Wildman–Crippen MR) is 124 cm³/mol. The van der Waals surface area contributed by atoms with Crippen molar-refractivity contribution < 1.29 is 23.1 Å². The van der Waals surface area contributed by atoms with E-state index in [1.807, 2.05) is 39.8 Å². The molecule has 0 radical (unpaired) electrons. The lowest BCUT2D eigenvalue weighted by Crippen LogP contribution is -2.55. The smallest absolute Gasteiger partial charge is 0.343 e. The van der Waals surface area contributed by atoms with Gasteiger partial charge in [0.2, 0.25) is 5.91 Å². The monoisotopic (exact) mass is 477 g/mol. The highest BCUT2D eigenvalue weighted by Crippen LogP contribution is 2.30. The minimum Gasteiger partial charge on any atom is -0.376 e. The maximum Gasteiger partial charge on any atom is 0.343 e. The van der Waals surface area contributed by atoms with Crippen LogP contribution in [0.1, 0.15) is 38.4 Å². The van der Waals surface area contributed by atoms with Crippen LogP contribution in [0, 0.1) is 17.0 Å². The fourth-order valence-corrected chi connectivity index (χ4v) is 3.85. The van der Waals surface area contributed by atoms with Crippen LogP contribution in [0.5, 0.6) is 0 Å². The Labute approximate surface area is 198 Å². The Bertz CT molecular complexity index is 1050. The normalized spacial score (nSPS) is 14.6. The van der Waals surface area contributed by atoms with Gasteiger partial charge in [-0.05, 0) is 50.7 Å². The number of fused-ring (bicyclic) bond motifs is 1. The average Bonchev–Trinajstić information content (AvgIpc) is 3.15. The van der Waals surface area contributed by atoms with Crippen molar-refractivity contribution >= 4 is 11.9 Å². The molecule has 2 heterocycles. The Morgan fingerprint density at radius 3 is 2.62 bits per heavy atom. The number of aromatic nitrogens is 2. The Kier molecular flexibility index (Phi) is 8.04. The fourth-order valence-electron chi connectivity index (χ4n) is 3.85. The van der Waals surface area contributed by atoms with Gasteiger partial charge in [0.15, 0.2) is 11.6 Å². The topological polar surface area (TPSA) is 88.5 Å². The molecule has 0 unspecified atom stereocenters. The van der Waals surface area contributed by atoms with Gasteiger partial charge in [0, 0.05) is 24.1 Å². The lowest BCUT2D eigenvalue weighted by Gasteiger charge is -2.30. The second-order valence-electron chi connectivity index (χ2n) is 9.81. The molecule has 8 nitrogen and oxygen atoms in total. The number of ether oxygens (including phenoxy) is 1. The number of halogens is 2. The van der Waals surface area contributed by atoms with Crippen molar-refractivity contribution in [3.63, 3.8) is 0 Å². The van der Waals surface area contributed by atoms with Crippen LogP contribution in [0.15, 0.2) is 18.2 Å². The van der Waals surface area contributed by atoms with E-state index < -0.39 is 29.1 Å². The minimum absolute atomic E-state index is 0.200. The summed E-state index contributed by atoms with van der Waals surface area (Å²) in [6, 6.07) is 2.13. The zero-order valence-corrected chi connectivity index (χ0v) is 20.4. The molecule has 1 atom stereocenters. The van der Waals surface area contributed by atoms with Crippen LogP contribution >= 0.6 is 0 Å². The quantitative estimate of drug-likeness (QED) is 0.599. The second-order valence-corrected chi connectivity index (χ2v) is 9.81. The van der Waals surface area contributed by atoms with Gasteiger partial charge in [-0.1, -0.05) is 20.8 Å². The molecule has 10 heteroatoms. The van der Waals surface area contributed by atoms with Crippen molar-refractivity contribution in [1.82, 2.24) is 25.3 Å².